The quantitative estimate of drug-likeness (QED) is 0.544. The molecule has 1 rings (SSSR count). The molecule has 0 amide bonds. The van der Waals surface area contributed by atoms with Crippen molar-refractivity contribution in [1.29, 1.82) is 0 Å². The first kappa shape index (κ1) is 11.2. The van der Waals surface area contributed by atoms with Gasteiger partial charge in [0.2, 0.25) is 0 Å². The van der Waals surface area contributed by atoms with Crippen LogP contribution in [0.3, 0.4) is 0 Å². The van der Waals surface area contributed by atoms with Gasteiger partial charge in [-0.25, -0.2) is 4.79 Å². The zero-order valence-electron chi connectivity index (χ0n) is 8.66. The number of hydrogen-bond donors (Lipinski definition) is 1. The van der Waals surface area contributed by atoms with Gasteiger partial charge >= 0.3 is 5.97 Å². The van der Waals surface area contributed by atoms with Crippen molar-refractivity contribution in [2.75, 3.05) is 13.2 Å². The van der Waals surface area contributed by atoms with E-state index < -0.39 is 5.97 Å². The summed E-state index contributed by atoms with van der Waals surface area (Å²) in [5.41, 5.74) is 0.358. The molecular formula is C11H18O3. The molecule has 0 atom stereocenters. The molecule has 0 spiro atoms. The Balaban J connectivity index is 2.09. The van der Waals surface area contributed by atoms with Gasteiger partial charge in [-0.3, -0.25) is 0 Å². The number of rotatable bonds is 5. The highest BCUT2D eigenvalue weighted by molar-refractivity contribution is 5.85. The van der Waals surface area contributed by atoms with Crippen LogP contribution in [0.2, 0.25) is 0 Å². The topological polar surface area (TPSA) is 46.5 Å². The maximum Gasteiger partial charge on any atom is 0.331 e. The number of carboxylic acids is 1. The molecule has 1 saturated carbocycles. The van der Waals surface area contributed by atoms with Gasteiger partial charge in [0.05, 0.1) is 6.61 Å². The van der Waals surface area contributed by atoms with Gasteiger partial charge in [-0.15, -0.1) is 0 Å². The summed E-state index contributed by atoms with van der Waals surface area (Å²) in [6.07, 6.45) is 6.79. The van der Waals surface area contributed by atoms with Gasteiger partial charge < -0.3 is 9.84 Å². The normalized spacial score (nSPS) is 18.8. The third kappa shape index (κ3) is 3.92. The van der Waals surface area contributed by atoms with Crippen LogP contribution < -0.4 is 0 Å². The summed E-state index contributed by atoms with van der Waals surface area (Å²) in [4.78, 5) is 10.4. The predicted octanol–water partition coefficient (Wildman–Crippen LogP) is 2.22. The second-order valence-corrected chi connectivity index (χ2v) is 3.88. The second-order valence-electron chi connectivity index (χ2n) is 3.88. The highest BCUT2D eigenvalue weighted by Gasteiger charge is 2.14. The molecule has 0 radical (unpaired) electrons. The third-order valence-corrected chi connectivity index (χ3v) is 2.67. The molecule has 1 aliphatic carbocycles. The van der Waals surface area contributed by atoms with Gasteiger partial charge in [0.25, 0.3) is 0 Å². The average molecular weight is 198 g/mol. The van der Waals surface area contributed by atoms with E-state index in [9.17, 15) is 4.79 Å². The van der Waals surface area contributed by atoms with E-state index in [1.165, 1.54) is 25.7 Å². The molecule has 0 unspecified atom stereocenters. The van der Waals surface area contributed by atoms with Crippen LogP contribution in [0.25, 0.3) is 0 Å². The average Bonchev–Trinajstić information content (AvgIpc) is 2.64. The third-order valence-electron chi connectivity index (χ3n) is 2.67. The Kier molecular flexibility index (Phi) is 4.66. The van der Waals surface area contributed by atoms with Gasteiger partial charge in [-0.2, -0.15) is 0 Å². The Morgan fingerprint density at radius 2 is 2.14 bits per heavy atom. The largest absolute Gasteiger partial charge is 0.478 e. The molecule has 0 aromatic rings. The van der Waals surface area contributed by atoms with E-state index in [2.05, 4.69) is 0 Å². The minimum Gasteiger partial charge on any atom is -0.478 e. The van der Waals surface area contributed by atoms with Crippen molar-refractivity contribution in [2.24, 2.45) is 5.92 Å². The van der Waals surface area contributed by atoms with Crippen molar-refractivity contribution in [2.45, 2.75) is 32.6 Å². The van der Waals surface area contributed by atoms with Crippen LogP contribution in [0.1, 0.15) is 32.6 Å². The maximum absolute atomic E-state index is 10.4. The Morgan fingerprint density at radius 1 is 1.50 bits per heavy atom. The van der Waals surface area contributed by atoms with E-state index >= 15 is 0 Å². The number of hydrogen-bond acceptors (Lipinski definition) is 2. The summed E-state index contributed by atoms with van der Waals surface area (Å²) < 4.78 is 5.40. The predicted molar refractivity (Wildman–Crippen MR) is 54.2 cm³/mol. The summed E-state index contributed by atoms with van der Waals surface area (Å²) in [7, 11) is 0. The van der Waals surface area contributed by atoms with Crippen molar-refractivity contribution in [3.63, 3.8) is 0 Å². The fraction of sp³-hybridized carbons (Fsp3) is 0.727. The molecule has 1 aliphatic rings. The molecule has 14 heavy (non-hydrogen) atoms. The fourth-order valence-electron chi connectivity index (χ4n) is 1.68. The lowest BCUT2D eigenvalue weighted by molar-refractivity contribution is -0.132. The van der Waals surface area contributed by atoms with Gasteiger partial charge in [-0.1, -0.05) is 12.8 Å². The minimum atomic E-state index is -0.866. The van der Waals surface area contributed by atoms with Crippen LogP contribution in [0.5, 0.6) is 0 Å². The molecule has 0 aromatic heterocycles. The summed E-state index contributed by atoms with van der Waals surface area (Å²) in [6.45, 7) is 2.79. The first-order chi connectivity index (χ1) is 6.70. The fourth-order valence-corrected chi connectivity index (χ4v) is 1.68. The van der Waals surface area contributed by atoms with E-state index in [4.69, 9.17) is 9.84 Å². The monoisotopic (exact) mass is 198 g/mol. The van der Waals surface area contributed by atoms with E-state index in [0.29, 0.717) is 18.1 Å². The molecule has 0 bridgehead atoms. The van der Waals surface area contributed by atoms with Crippen molar-refractivity contribution in [1.82, 2.24) is 0 Å². The summed E-state index contributed by atoms with van der Waals surface area (Å²) >= 11 is 0. The standard InChI is InChI=1S/C11H18O3/c1-9(11(12)13)6-7-14-8-10-4-2-3-5-10/h6,10H,2-5,7-8H2,1H3,(H,12,13). The molecule has 80 valence electrons. The Morgan fingerprint density at radius 3 is 2.71 bits per heavy atom. The number of carboxylic acid groups (broad SMARTS) is 1. The van der Waals surface area contributed by atoms with Crippen molar-refractivity contribution >= 4 is 5.97 Å². The lowest BCUT2D eigenvalue weighted by Crippen LogP contribution is -2.06. The zero-order valence-corrected chi connectivity index (χ0v) is 8.66. The molecule has 0 aromatic carbocycles. The molecule has 1 fully saturated rings. The lowest BCUT2D eigenvalue weighted by atomic mass is 10.1. The Labute approximate surface area is 84.8 Å². The molecule has 0 heterocycles. The van der Waals surface area contributed by atoms with Crippen LogP contribution >= 0.6 is 0 Å². The van der Waals surface area contributed by atoms with Crippen LogP contribution in [0.15, 0.2) is 11.6 Å². The van der Waals surface area contributed by atoms with Crippen molar-refractivity contribution < 1.29 is 14.6 Å². The van der Waals surface area contributed by atoms with E-state index in [1.807, 2.05) is 0 Å². The van der Waals surface area contributed by atoms with Crippen LogP contribution in [-0.4, -0.2) is 24.3 Å². The lowest BCUT2D eigenvalue weighted by Gasteiger charge is -2.07. The van der Waals surface area contributed by atoms with E-state index in [0.717, 1.165) is 6.61 Å². The van der Waals surface area contributed by atoms with Gasteiger partial charge in [0.1, 0.15) is 0 Å². The van der Waals surface area contributed by atoms with Crippen LogP contribution in [0.4, 0.5) is 0 Å². The molecule has 3 nitrogen and oxygen atoms in total. The highest BCUT2D eigenvalue weighted by atomic mass is 16.5. The molecule has 1 N–H and O–H groups in total. The minimum absolute atomic E-state index is 0.358. The first-order valence-corrected chi connectivity index (χ1v) is 5.18. The first-order valence-electron chi connectivity index (χ1n) is 5.18. The zero-order chi connectivity index (χ0) is 10.4. The SMILES string of the molecule is CC(=CCOCC1CCCC1)C(=O)O. The second kappa shape index (κ2) is 5.81. The smallest absolute Gasteiger partial charge is 0.331 e. The highest BCUT2D eigenvalue weighted by Crippen LogP contribution is 2.24. The maximum atomic E-state index is 10.4. The molecule has 0 saturated heterocycles. The summed E-state index contributed by atoms with van der Waals surface area (Å²) in [5.74, 6) is -0.164. The van der Waals surface area contributed by atoms with Crippen molar-refractivity contribution in [3.05, 3.63) is 11.6 Å². The van der Waals surface area contributed by atoms with E-state index in [-0.39, 0.29) is 0 Å². The summed E-state index contributed by atoms with van der Waals surface area (Å²) in [5, 5.41) is 8.57. The van der Waals surface area contributed by atoms with Gasteiger partial charge in [-0.05, 0) is 31.8 Å². The Bertz CT molecular complexity index is 215. The van der Waals surface area contributed by atoms with Crippen LogP contribution in [-0.2, 0) is 9.53 Å². The summed E-state index contributed by atoms with van der Waals surface area (Å²) in [6, 6.07) is 0. The van der Waals surface area contributed by atoms with E-state index in [1.54, 1.807) is 13.0 Å². The van der Waals surface area contributed by atoms with Crippen molar-refractivity contribution in [3.8, 4) is 0 Å². The van der Waals surface area contributed by atoms with Crippen LogP contribution in [0, 0.1) is 5.92 Å². The van der Waals surface area contributed by atoms with Gasteiger partial charge in [0, 0.05) is 12.2 Å². The number of aliphatic carboxylic acids is 1. The Hall–Kier alpha value is -0.830. The van der Waals surface area contributed by atoms with Gasteiger partial charge in [0.15, 0.2) is 0 Å². The molecule has 0 aliphatic heterocycles. The number of ether oxygens (including phenoxy) is 1. The number of carbonyl (C=O) groups is 1. The molecular weight excluding hydrogens is 180 g/mol. The molecule has 3 heteroatoms.